The van der Waals surface area contributed by atoms with Gasteiger partial charge in [-0.15, -0.1) is 0 Å². The lowest BCUT2D eigenvalue weighted by atomic mass is 10.1. The van der Waals surface area contributed by atoms with E-state index in [1.54, 1.807) is 57.2 Å². The van der Waals surface area contributed by atoms with Crippen LogP contribution in [0.3, 0.4) is 0 Å². The van der Waals surface area contributed by atoms with Gasteiger partial charge in [-0.05, 0) is 88.1 Å². The van der Waals surface area contributed by atoms with Gasteiger partial charge in [0.15, 0.2) is 6.04 Å². The monoisotopic (exact) mass is 462 g/mol. The van der Waals surface area contributed by atoms with Gasteiger partial charge >= 0.3 is 12.1 Å². The van der Waals surface area contributed by atoms with E-state index in [9.17, 15) is 19.5 Å². The lowest BCUT2D eigenvalue weighted by Gasteiger charge is -2.24. The molecule has 34 heavy (non-hydrogen) atoms. The molecule has 176 valence electrons. The molecule has 2 atom stereocenters. The third-order valence-corrected chi connectivity index (χ3v) is 4.23. The summed E-state index contributed by atoms with van der Waals surface area (Å²) in [4.78, 5) is 35.9. The summed E-state index contributed by atoms with van der Waals surface area (Å²) in [7, 11) is 0. The summed E-state index contributed by atoms with van der Waals surface area (Å²) in [5.41, 5.74) is 7.11. The van der Waals surface area contributed by atoms with Crippen molar-refractivity contribution in [3.8, 4) is 23.7 Å². The maximum absolute atomic E-state index is 12.5. The van der Waals surface area contributed by atoms with Crippen molar-refractivity contribution in [3.05, 3.63) is 65.2 Å². The van der Waals surface area contributed by atoms with Crippen LogP contribution in [0.5, 0.6) is 0 Å². The molecule has 0 aromatic heterocycles. The molecule has 1 amide bonds. The molecule has 4 N–H and O–H groups in total. The van der Waals surface area contributed by atoms with Gasteiger partial charge in [0.2, 0.25) is 0 Å². The van der Waals surface area contributed by atoms with Crippen molar-refractivity contribution < 1.29 is 29.0 Å². The number of amides is 1. The molecule has 0 heterocycles. The maximum Gasteiger partial charge on any atom is 0.509 e. The molecule has 0 aliphatic rings. The molecular weight excluding hydrogens is 436 g/mol. The second kappa shape index (κ2) is 11.4. The quantitative estimate of drug-likeness (QED) is 0.354. The van der Waals surface area contributed by atoms with Crippen molar-refractivity contribution in [1.29, 1.82) is 0 Å². The highest BCUT2D eigenvalue weighted by Crippen LogP contribution is 2.11. The minimum atomic E-state index is -1.47. The van der Waals surface area contributed by atoms with E-state index in [4.69, 9.17) is 15.2 Å². The second-order valence-electron chi connectivity index (χ2n) is 8.28. The minimum absolute atomic E-state index is 0.217. The summed E-state index contributed by atoms with van der Waals surface area (Å²) in [5.74, 6) is 9.23. The molecule has 2 rings (SSSR count). The van der Waals surface area contributed by atoms with Gasteiger partial charge in [0.1, 0.15) is 11.7 Å². The molecule has 8 heteroatoms. The van der Waals surface area contributed by atoms with Crippen LogP contribution in [0.25, 0.3) is 0 Å². The van der Waals surface area contributed by atoms with E-state index < -0.39 is 35.8 Å². The number of rotatable bonds is 5. The molecule has 2 unspecified atom stereocenters. The smallest absolute Gasteiger partial charge is 0.480 e. The average Bonchev–Trinajstić information content (AvgIpc) is 2.74. The van der Waals surface area contributed by atoms with Crippen LogP contribution >= 0.6 is 0 Å². The van der Waals surface area contributed by atoms with E-state index >= 15 is 0 Å². The first-order chi connectivity index (χ1) is 15.9. The highest BCUT2D eigenvalue weighted by Gasteiger charge is 2.31. The van der Waals surface area contributed by atoms with Gasteiger partial charge < -0.3 is 25.6 Å². The van der Waals surface area contributed by atoms with Gasteiger partial charge in [0.25, 0.3) is 5.91 Å². The van der Waals surface area contributed by atoms with Crippen LogP contribution in [0, 0.1) is 23.7 Å². The lowest BCUT2D eigenvalue weighted by Crippen LogP contribution is -2.49. The molecule has 0 aliphatic carbocycles. The largest absolute Gasteiger partial charge is 0.509 e. The second-order valence-corrected chi connectivity index (χ2v) is 8.28. The Hall–Kier alpha value is -4.43. The average molecular weight is 463 g/mol. The van der Waals surface area contributed by atoms with Crippen molar-refractivity contribution in [2.75, 3.05) is 5.73 Å². The number of carboxylic acids is 1. The van der Waals surface area contributed by atoms with Crippen molar-refractivity contribution >= 4 is 23.7 Å². The van der Waals surface area contributed by atoms with Gasteiger partial charge in [0, 0.05) is 22.4 Å². The Kier molecular flexibility index (Phi) is 8.69. The molecule has 2 aromatic rings. The number of carbonyl (C=O) groups excluding carboxylic acids is 2. The predicted octanol–water partition coefficient (Wildman–Crippen LogP) is 3.20. The Morgan fingerprint density at radius 3 is 1.91 bits per heavy atom. The number of ether oxygens (including phenoxy) is 2. The lowest BCUT2D eigenvalue weighted by molar-refractivity contribution is -0.142. The molecule has 0 fully saturated rings. The summed E-state index contributed by atoms with van der Waals surface area (Å²) >= 11 is 0. The first-order valence-electron chi connectivity index (χ1n) is 10.4. The number of aliphatic carboxylic acids is 1. The van der Waals surface area contributed by atoms with Crippen LogP contribution in [0.15, 0.2) is 48.5 Å². The third kappa shape index (κ3) is 8.60. The molecule has 0 radical (unpaired) electrons. The Morgan fingerprint density at radius 1 is 0.941 bits per heavy atom. The summed E-state index contributed by atoms with van der Waals surface area (Å²) in [6.45, 7) is 6.30. The molecule has 0 spiro atoms. The third-order valence-electron chi connectivity index (χ3n) is 4.23. The predicted molar refractivity (Wildman–Crippen MR) is 127 cm³/mol. The number of hydrogen-bond donors (Lipinski definition) is 3. The van der Waals surface area contributed by atoms with E-state index in [2.05, 4.69) is 29.0 Å². The number of nitrogens with two attached hydrogens (primary N) is 1. The van der Waals surface area contributed by atoms with Crippen molar-refractivity contribution in [2.24, 2.45) is 0 Å². The first-order valence-corrected chi connectivity index (χ1v) is 10.4. The fraction of sp³-hybridized carbons (Fsp3) is 0.269. The van der Waals surface area contributed by atoms with Gasteiger partial charge in [-0.2, -0.15) is 0 Å². The number of nitrogens with one attached hydrogen (secondary N) is 1. The number of nitrogen functional groups attached to an aromatic ring is 1. The maximum atomic E-state index is 12.5. The topological polar surface area (TPSA) is 128 Å². The number of benzene rings is 2. The van der Waals surface area contributed by atoms with E-state index in [1.165, 1.54) is 19.1 Å². The van der Waals surface area contributed by atoms with Crippen LogP contribution in [0.4, 0.5) is 10.5 Å². The molecule has 0 bridgehead atoms. The molecule has 8 nitrogen and oxygen atoms in total. The normalized spacial score (nSPS) is 12.0. The summed E-state index contributed by atoms with van der Waals surface area (Å²) < 4.78 is 10.0. The zero-order valence-corrected chi connectivity index (χ0v) is 19.3. The van der Waals surface area contributed by atoms with Crippen LogP contribution < -0.4 is 11.1 Å². The van der Waals surface area contributed by atoms with Crippen molar-refractivity contribution in [2.45, 2.75) is 45.4 Å². The highest BCUT2D eigenvalue weighted by molar-refractivity contribution is 5.96. The SMILES string of the molecule is CC(OC(=O)OC(C)(C)C)C(NC(=O)c1ccc(C#CC#Cc2ccc(N)cc2)cc1)C(=O)O. The van der Waals surface area contributed by atoms with E-state index in [0.29, 0.717) is 11.3 Å². The van der Waals surface area contributed by atoms with Crippen LogP contribution in [0.2, 0.25) is 0 Å². The molecule has 0 aliphatic heterocycles. The van der Waals surface area contributed by atoms with Crippen molar-refractivity contribution in [1.82, 2.24) is 5.32 Å². The van der Waals surface area contributed by atoms with Gasteiger partial charge in [-0.25, -0.2) is 9.59 Å². The Bertz CT molecular complexity index is 1160. The van der Waals surface area contributed by atoms with E-state index in [1.807, 2.05) is 0 Å². The Morgan fingerprint density at radius 2 is 1.44 bits per heavy atom. The number of anilines is 1. The van der Waals surface area contributed by atoms with E-state index in [0.717, 1.165) is 5.56 Å². The van der Waals surface area contributed by atoms with Crippen LogP contribution in [0.1, 0.15) is 49.2 Å². The van der Waals surface area contributed by atoms with Gasteiger partial charge in [-0.3, -0.25) is 4.79 Å². The number of hydrogen-bond acceptors (Lipinski definition) is 6. The highest BCUT2D eigenvalue weighted by atomic mass is 16.7. The van der Waals surface area contributed by atoms with Gasteiger partial charge in [-0.1, -0.05) is 11.8 Å². The molecule has 2 aromatic carbocycles. The van der Waals surface area contributed by atoms with E-state index in [-0.39, 0.29) is 5.56 Å². The molecular formula is C26H26N2O6. The standard InChI is InChI=1S/C26H26N2O6/c1-17(33-25(32)34-26(2,3)4)22(24(30)31)28-23(29)20-13-9-18(10-14-20)7-5-6-8-19-11-15-21(27)16-12-19/h9-17,22H,27H2,1-4H3,(H,28,29)(H,30,31). The minimum Gasteiger partial charge on any atom is -0.480 e. The zero-order chi connectivity index (χ0) is 25.3. The summed E-state index contributed by atoms with van der Waals surface area (Å²) in [5, 5.41) is 11.8. The number of carboxylic acid groups (broad SMARTS) is 1. The number of carbonyl (C=O) groups is 3. The Balaban J connectivity index is 2.00. The molecule has 0 saturated carbocycles. The van der Waals surface area contributed by atoms with Gasteiger partial charge in [0.05, 0.1) is 0 Å². The summed E-state index contributed by atoms with van der Waals surface area (Å²) in [6.07, 6.45) is -2.19. The van der Waals surface area contributed by atoms with Crippen LogP contribution in [-0.2, 0) is 14.3 Å². The summed E-state index contributed by atoms with van der Waals surface area (Å²) in [6, 6.07) is 11.9. The fourth-order valence-electron chi connectivity index (χ4n) is 2.58. The zero-order valence-electron chi connectivity index (χ0n) is 19.3. The molecule has 0 saturated heterocycles. The Labute approximate surface area is 198 Å². The fourth-order valence-corrected chi connectivity index (χ4v) is 2.58. The first kappa shape index (κ1) is 25.8. The van der Waals surface area contributed by atoms with Crippen molar-refractivity contribution in [3.63, 3.8) is 0 Å². The van der Waals surface area contributed by atoms with Crippen LogP contribution in [-0.4, -0.2) is 40.9 Å².